The van der Waals surface area contributed by atoms with Crippen molar-refractivity contribution >= 4 is 28.9 Å². The van der Waals surface area contributed by atoms with Crippen LogP contribution in [0.2, 0.25) is 0 Å². The molecule has 100 valence electrons. The van der Waals surface area contributed by atoms with Crippen molar-refractivity contribution in [1.29, 1.82) is 0 Å². The van der Waals surface area contributed by atoms with Gasteiger partial charge >= 0.3 is 5.97 Å². The minimum absolute atomic E-state index is 0.176. The molecule has 19 heavy (non-hydrogen) atoms. The highest BCUT2D eigenvalue weighted by atomic mass is 19.3. The summed E-state index contributed by atoms with van der Waals surface area (Å²) in [6.45, 7) is 0. The molecule has 1 aliphatic rings. The smallest absolute Gasteiger partial charge is 0.352 e. The fraction of sp³-hybridized carbons (Fsp3) is 0.308. The Morgan fingerprint density at radius 1 is 1.21 bits per heavy atom. The molecule has 0 radical (unpaired) electrons. The topological polar surface area (TPSA) is 82.4 Å². The van der Waals surface area contributed by atoms with Gasteiger partial charge in [0, 0.05) is 10.9 Å². The molecule has 1 heterocycles. The minimum Gasteiger partial charge on any atom is -0.352 e. The Bertz CT molecular complexity index is 541. The first-order valence-corrected chi connectivity index (χ1v) is 5.87. The lowest BCUT2D eigenvalue weighted by Crippen LogP contribution is -2.18. The maximum atomic E-state index is 11.4. The van der Waals surface area contributed by atoms with Gasteiger partial charge in [0.2, 0.25) is 0 Å². The van der Waals surface area contributed by atoms with Crippen LogP contribution in [0.4, 0.5) is 15.9 Å². The van der Waals surface area contributed by atoms with Crippen LogP contribution in [0.25, 0.3) is 0 Å². The predicted molar refractivity (Wildman–Crippen MR) is 64.5 cm³/mol. The first-order chi connectivity index (χ1) is 9.10. The van der Waals surface area contributed by atoms with E-state index in [2.05, 4.69) is 10.3 Å². The second-order valence-corrected chi connectivity index (χ2v) is 4.36. The Kier molecular flexibility index (Phi) is 3.89. The molecule has 0 bridgehead atoms. The van der Waals surface area contributed by atoms with E-state index in [1.54, 1.807) is 0 Å². The van der Waals surface area contributed by atoms with Crippen molar-refractivity contribution in [3.63, 3.8) is 0 Å². The van der Waals surface area contributed by atoms with Crippen LogP contribution >= 0.6 is 0 Å². The van der Waals surface area contributed by atoms with Gasteiger partial charge in [-0.05, 0) is 30.5 Å². The highest BCUT2D eigenvalue weighted by molar-refractivity contribution is 6.36. The number of anilines is 2. The molecule has 0 spiro atoms. The first-order valence-electron chi connectivity index (χ1n) is 5.87. The lowest BCUT2D eigenvalue weighted by atomic mass is 10.0. The van der Waals surface area contributed by atoms with E-state index in [-0.39, 0.29) is 12.2 Å². The third-order valence-electron chi connectivity index (χ3n) is 2.87. The molecule has 2 rings (SSSR count). The SMILES string of the molecule is O=C(CCCc1ccc2c(c1)N2)CC(=O)C(=O)OF. The Hall–Kier alpha value is -2.24. The standard InChI is InChI=1S/C13H12FNO4/c14-19-13(18)12(17)7-9(16)3-1-2-8-4-5-10-11(6-8)15-10/h4-6,15H,1-3,7H2. The number of ketones is 2. The Labute approximate surface area is 108 Å². The predicted octanol–water partition coefficient (Wildman–Crippen LogP) is 2.02. The molecule has 0 amide bonds. The molecule has 0 fully saturated rings. The van der Waals surface area contributed by atoms with Crippen LogP contribution in [0.3, 0.4) is 0 Å². The number of fused-ring (bicyclic) bond motifs is 1. The van der Waals surface area contributed by atoms with E-state index in [0.717, 1.165) is 16.9 Å². The zero-order valence-corrected chi connectivity index (χ0v) is 10.1. The molecule has 0 aliphatic carbocycles. The van der Waals surface area contributed by atoms with Gasteiger partial charge in [0.25, 0.3) is 5.78 Å². The van der Waals surface area contributed by atoms with E-state index < -0.39 is 18.2 Å². The molecule has 0 aromatic heterocycles. The van der Waals surface area contributed by atoms with Gasteiger partial charge in [0.15, 0.2) is 0 Å². The molecule has 0 unspecified atom stereocenters. The summed E-state index contributed by atoms with van der Waals surface area (Å²) in [4.78, 5) is 35.5. The second-order valence-electron chi connectivity index (χ2n) is 4.36. The second kappa shape index (κ2) is 5.60. The van der Waals surface area contributed by atoms with Crippen molar-refractivity contribution < 1.29 is 23.9 Å². The highest BCUT2D eigenvalue weighted by Crippen LogP contribution is 2.38. The zero-order chi connectivity index (χ0) is 13.8. The maximum absolute atomic E-state index is 11.4. The average Bonchev–Trinajstić information content (AvgIpc) is 3.16. The fourth-order valence-corrected chi connectivity index (χ4v) is 1.81. The van der Waals surface area contributed by atoms with E-state index in [1.165, 1.54) is 0 Å². The largest absolute Gasteiger partial charge is 0.415 e. The van der Waals surface area contributed by atoms with Crippen molar-refractivity contribution in [3.8, 4) is 0 Å². The molecule has 1 N–H and O–H groups in total. The molecule has 6 heteroatoms. The average molecular weight is 265 g/mol. The molecule has 1 aliphatic heterocycles. The molecular formula is C13H12FNO4. The van der Waals surface area contributed by atoms with Gasteiger partial charge in [-0.3, -0.25) is 9.59 Å². The van der Waals surface area contributed by atoms with Crippen LogP contribution in [0, 0.1) is 0 Å². The van der Waals surface area contributed by atoms with E-state index in [0.29, 0.717) is 12.8 Å². The van der Waals surface area contributed by atoms with E-state index in [4.69, 9.17) is 0 Å². The van der Waals surface area contributed by atoms with E-state index >= 15 is 0 Å². The Morgan fingerprint density at radius 2 is 2.00 bits per heavy atom. The quantitative estimate of drug-likeness (QED) is 0.470. The summed E-state index contributed by atoms with van der Waals surface area (Å²) in [5.41, 5.74) is 3.32. The maximum Gasteiger partial charge on any atom is 0.415 e. The molecule has 0 saturated heterocycles. The summed E-state index contributed by atoms with van der Waals surface area (Å²) in [6, 6.07) is 5.94. The monoisotopic (exact) mass is 265 g/mol. The van der Waals surface area contributed by atoms with Gasteiger partial charge in [-0.2, -0.15) is 0 Å². The first kappa shape index (κ1) is 13.2. The number of Topliss-reactive ketones (excluding diaryl/α,β-unsaturated/α-hetero) is 2. The normalized spacial score (nSPS) is 11.2. The number of aryl methyl sites for hydroxylation is 1. The number of carbonyl (C=O) groups is 3. The fourth-order valence-electron chi connectivity index (χ4n) is 1.81. The van der Waals surface area contributed by atoms with Crippen molar-refractivity contribution in [1.82, 2.24) is 0 Å². The summed E-state index contributed by atoms with van der Waals surface area (Å²) in [7, 11) is 0. The lowest BCUT2D eigenvalue weighted by Gasteiger charge is -2.00. The van der Waals surface area contributed by atoms with Gasteiger partial charge in [-0.15, -0.1) is 0 Å². The van der Waals surface area contributed by atoms with Crippen molar-refractivity contribution in [2.75, 3.05) is 5.32 Å². The van der Waals surface area contributed by atoms with Crippen LogP contribution < -0.4 is 5.32 Å². The van der Waals surface area contributed by atoms with Crippen molar-refractivity contribution in [2.24, 2.45) is 0 Å². The number of nitrogens with one attached hydrogen (secondary N) is 1. The number of rotatable bonds is 7. The van der Waals surface area contributed by atoms with Gasteiger partial charge in [-0.1, -0.05) is 6.07 Å². The summed E-state index contributed by atoms with van der Waals surface area (Å²) >= 11 is 0. The van der Waals surface area contributed by atoms with Crippen LogP contribution in [0.1, 0.15) is 24.8 Å². The van der Waals surface area contributed by atoms with Gasteiger partial charge in [-0.25, -0.2) is 9.74 Å². The van der Waals surface area contributed by atoms with Crippen LogP contribution in [0.5, 0.6) is 0 Å². The molecular weight excluding hydrogens is 253 g/mol. The van der Waals surface area contributed by atoms with Gasteiger partial charge in [0.1, 0.15) is 5.78 Å². The van der Waals surface area contributed by atoms with Gasteiger partial charge in [0.05, 0.1) is 17.8 Å². The lowest BCUT2D eigenvalue weighted by molar-refractivity contribution is -0.186. The third-order valence-corrected chi connectivity index (χ3v) is 2.87. The molecule has 1 aromatic carbocycles. The van der Waals surface area contributed by atoms with Gasteiger partial charge < -0.3 is 5.32 Å². The number of halogens is 1. The van der Waals surface area contributed by atoms with E-state index in [9.17, 15) is 18.9 Å². The van der Waals surface area contributed by atoms with Crippen LogP contribution in [-0.4, -0.2) is 17.5 Å². The summed E-state index contributed by atoms with van der Waals surface area (Å²) in [5.74, 6) is -3.16. The number of benzene rings is 1. The third kappa shape index (κ3) is 3.61. The summed E-state index contributed by atoms with van der Waals surface area (Å²) in [6.07, 6.45) is 0.863. The minimum atomic E-state index is -1.62. The summed E-state index contributed by atoms with van der Waals surface area (Å²) in [5, 5.41) is 3.08. The van der Waals surface area contributed by atoms with Crippen molar-refractivity contribution in [3.05, 3.63) is 23.8 Å². The number of carbonyl (C=O) groups excluding carboxylic acids is 3. The van der Waals surface area contributed by atoms with E-state index in [1.807, 2.05) is 18.2 Å². The van der Waals surface area contributed by atoms with Crippen LogP contribution in [0.15, 0.2) is 18.2 Å². The zero-order valence-electron chi connectivity index (χ0n) is 10.1. The molecule has 5 nitrogen and oxygen atoms in total. The number of hydrogen-bond donors (Lipinski definition) is 1. The van der Waals surface area contributed by atoms with Crippen LogP contribution in [-0.2, 0) is 25.7 Å². The molecule has 0 saturated carbocycles. The Morgan fingerprint density at radius 3 is 2.68 bits per heavy atom. The summed E-state index contributed by atoms with van der Waals surface area (Å²) < 4.78 is 11.4. The number of hydrogen-bond acceptors (Lipinski definition) is 5. The Balaban J connectivity index is 1.69. The molecule has 0 atom stereocenters. The van der Waals surface area contributed by atoms with Crippen molar-refractivity contribution in [2.45, 2.75) is 25.7 Å². The highest BCUT2D eigenvalue weighted by Gasteiger charge is 2.20. The molecule has 1 aromatic rings.